The standard InChI is InChI=1S/C55H61F2N11O7/c1-2-75-42-29-43(51-40(30-58)32-60-68(51)34-42)38-5-9-48(59-31-38)65-19-14-55(15-20-65,62-52(71)45-28-41(56)6-7-46(45)57)35-74-26-25-64-21-23-66(24-22-64)50(70)13-18-63-16-11-36(12-17-63)37-3-4-39-33-67(54(73)44(39)27-37)47-8-10-49(69)61-53(47)72/h3-7,9,27-29,31-32,34,36,47H,2,8,10-26,33,35H2,1H3,(H,62,71)(H,61,69,72). The zero-order valence-corrected chi connectivity index (χ0v) is 42.1. The van der Waals surface area contributed by atoms with Gasteiger partial charge in [-0.25, -0.2) is 18.3 Å². The summed E-state index contributed by atoms with van der Waals surface area (Å²) in [6.45, 7) is 9.84. The molecule has 5 aliphatic rings. The first-order valence-electron chi connectivity index (χ1n) is 26.0. The zero-order valence-electron chi connectivity index (χ0n) is 42.1. The number of nitriles is 1. The van der Waals surface area contributed by atoms with Crippen molar-refractivity contribution < 1.29 is 42.2 Å². The first-order valence-corrected chi connectivity index (χ1v) is 26.0. The van der Waals surface area contributed by atoms with Gasteiger partial charge in [0.15, 0.2) is 0 Å². The van der Waals surface area contributed by atoms with Gasteiger partial charge in [-0.2, -0.15) is 10.4 Å². The summed E-state index contributed by atoms with van der Waals surface area (Å²) in [6.07, 6.45) is 8.73. The van der Waals surface area contributed by atoms with Gasteiger partial charge in [0.05, 0.1) is 54.4 Å². The molecular formula is C55H61F2N11O7. The number of nitrogens with zero attached hydrogens (tertiary/aromatic N) is 9. The predicted molar refractivity (Wildman–Crippen MR) is 272 cm³/mol. The second-order valence-electron chi connectivity index (χ2n) is 20.2. The Morgan fingerprint density at radius 2 is 1.68 bits per heavy atom. The Hall–Kier alpha value is -7.34. The second-order valence-corrected chi connectivity index (χ2v) is 20.2. The van der Waals surface area contributed by atoms with Crippen molar-refractivity contribution in [2.24, 2.45) is 0 Å². The van der Waals surface area contributed by atoms with Crippen LogP contribution in [0.4, 0.5) is 14.6 Å². The van der Waals surface area contributed by atoms with E-state index in [1.165, 1.54) is 6.20 Å². The maximum Gasteiger partial charge on any atom is 0.255 e. The molecule has 0 saturated carbocycles. The van der Waals surface area contributed by atoms with E-state index in [9.17, 15) is 38.0 Å². The number of rotatable bonds is 16. The number of pyridine rings is 2. The van der Waals surface area contributed by atoms with Crippen LogP contribution in [0.1, 0.15) is 95.2 Å². The number of likely N-dealkylation sites (tertiary alicyclic amines) is 1. The third-order valence-electron chi connectivity index (χ3n) is 15.6. The molecule has 2 N–H and O–H groups in total. The van der Waals surface area contributed by atoms with E-state index in [-0.39, 0.29) is 36.3 Å². The molecule has 4 saturated heterocycles. The van der Waals surface area contributed by atoms with Crippen molar-refractivity contribution in [1.82, 2.24) is 44.8 Å². The normalized spacial score (nSPS) is 19.5. The number of carbonyl (C=O) groups excluding carboxylic acids is 5. The van der Waals surface area contributed by atoms with Crippen molar-refractivity contribution in [3.05, 3.63) is 113 Å². The van der Waals surface area contributed by atoms with E-state index in [2.05, 4.69) is 42.6 Å². The summed E-state index contributed by atoms with van der Waals surface area (Å²) in [5, 5.41) is 19.5. The van der Waals surface area contributed by atoms with Gasteiger partial charge in [-0.1, -0.05) is 12.1 Å². The first kappa shape index (κ1) is 51.2. The number of halogens is 2. The minimum absolute atomic E-state index is 0.133. The van der Waals surface area contributed by atoms with E-state index >= 15 is 0 Å². The highest BCUT2D eigenvalue weighted by Crippen LogP contribution is 2.35. The Kier molecular flexibility index (Phi) is 15.2. The average Bonchev–Trinajstić information content (AvgIpc) is 4.00. The molecule has 75 heavy (non-hydrogen) atoms. The number of anilines is 1. The lowest BCUT2D eigenvalue weighted by atomic mass is 9.87. The minimum atomic E-state index is -0.876. The van der Waals surface area contributed by atoms with Crippen LogP contribution in [0.25, 0.3) is 16.6 Å². The molecule has 20 heteroatoms. The lowest BCUT2D eigenvalue weighted by Crippen LogP contribution is -2.58. The van der Waals surface area contributed by atoms with E-state index in [1.807, 2.05) is 42.2 Å². The summed E-state index contributed by atoms with van der Waals surface area (Å²) in [5.74, 6) is -1.37. The second kappa shape index (κ2) is 22.2. The molecule has 1 unspecified atom stereocenters. The molecule has 4 fully saturated rings. The summed E-state index contributed by atoms with van der Waals surface area (Å²) >= 11 is 0. The van der Waals surface area contributed by atoms with Gasteiger partial charge in [0, 0.05) is 94.6 Å². The smallest absolute Gasteiger partial charge is 0.255 e. The lowest BCUT2D eigenvalue weighted by molar-refractivity contribution is -0.137. The predicted octanol–water partition coefficient (Wildman–Crippen LogP) is 4.91. The van der Waals surface area contributed by atoms with Crippen LogP contribution in [0.5, 0.6) is 5.75 Å². The van der Waals surface area contributed by atoms with Crippen LogP contribution in [0.3, 0.4) is 0 Å². The summed E-state index contributed by atoms with van der Waals surface area (Å²) < 4.78 is 42.8. The van der Waals surface area contributed by atoms with E-state index in [4.69, 9.17) is 14.5 Å². The Labute approximate surface area is 433 Å². The number of hydrogen-bond donors (Lipinski definition) is 2. The number of piperidine rings is 3. The number of imide groups is 1. The van der Waals surface area contributed by atoms with Crippen molar-refractivity contribution in [1.29, 1.82) is 5.26 Å². The average molecular weight is 1030 g/mol. The third-order valence-corrected chi connectivity index (χ3v) is 15.6. The molecular weight excluding hydrogens is 965 g/mol. The molecule has 5 aliphatic heterocycles. The Morgan fingerprint density at radius 1 is 0.893 bits per heavy atom. The van der Waals surface area contributed by atoms with Crippen molar-refractivity contribution >= 4 is 40.9 Å². The van der Waals surface area contributed by atoms with Crippen molar-refractivity contribution in [2.75, 3.05) is 90.2 Å². The molecule has 0 bridgehead atoms. The van der Waals surface area contributed by atoms with Gasteiger partial charge >= 0.3 is 0 Å². The fourth-order valence-electron chi connectivity index (χ4n) is 11.2. The maximum atomic E-state index is 14.8. The van der Waals surface area contributed by atoms with Crippen molar-refractivity contribution in [3.63, 3.8) is 0 Å². The highest BCUT2D eigenvalue weighted by molar-refractivity contribution is 6.05. The summed E-state index contributed by atoms with van der Waals surface area (Å²) in [4.78, 5) is 79.5. The van der Waals surface area contributed by atoms with E-state index < -0.39 is 35.0 Å². The summed E-state index contributed by atoms with van der Waals surface area (Å²) in [7, 11) is 0. The third kappa shape index (κ3) is 11.2. The van der Waals surface area contributed by atoms with Crippen LogP contribution in [0, 0.1) is 23.0 Å². The number of amides is 5. The molecule has 2 aromatic carbocycles. The van der Waals surface area contributed by atoms with Gasteiger partial charge < -0.3 is 34.4 Å². The van der Waals surface area contributed by atoms with Gasteiger partial charge in [-0.05, 0) is 112 Å². The molecule has 0 aliphatic carbocycles. The monoisotopic (exact) mass is 1030 g/mol. The van der Waals surface area contributed by atoms with Gasteiger partial charge in [0.2, 0.25) is 17.7 Å². The molecule has 18 nitrogen and oxygen atoms in total. The zero-order chi connectivity index (χ0) is 52.2. The molecule has 10 rings (SSSR count). The topological polar surface area (TPSA) is 198 Å². The van der Waals surface area contributed by atoms with Crippen LogP contribution in [0.2, 0.25) is 0 Å². The molecule has 1 atom stereocenters. The summed E-state index contributed by atoms with van der Waals surface area (Å²) in [6, 6.07) is 16.2. The molecule has 392 valence electrons. The van der Waals surface area contributed by atoms with E-state index in [0.29, 0.717) is 126 Å². The van der Waals surface area contributed by atoms with Crippen LogP contribution >= 0.6 is 0 Å². The number of fused-ring (bicyclic) bond motifs is 2. The van der Waals surface area contributed by atoms with Crippen LogP contribution < -0.4 is 20.3 Å². The molecule has 5 aromatic rings. The Balaban J connectivity index is 0.680. The van der Waals surface area contributed by atoms with Gasteiger partial charge in [0.1, 0.15) is 35.3 Å². The summed E-state index contributed by atoms with van der Waals surface area (Å²) in [5.41, 5.74) is 4.01. The van der Waals surface area contributed by atoms with Crippen molar-refractivity contribution in [2.45, 2.75) is 75.9 Å². The number of nitrogens with one attached hydrogen (secondary N) is 2. The SMILES string of the molecule is CCOc1cc(-c2ccc(N3CCC(COCCN4CCN(C(=O)CCN5CCC(c6ccc7c(c6)C(=O)N(C6CCC(=O)NC6=O)C7)CC5)CC4)(NC(=O)c4cc(F)ccc4F)CC3)nc2)c2c(C#N)cnn2c1. The minimum Gasteiger partial charge on any atom is -0.492 e. The fourth-order valence-corrected chi connectivity index (χ4v) is 11.2. The number of carbonyl (C=O) groups is 5. The largest absolute Gasteiger partial charge is 0.492 e. The number of ether oxygens (including phenoxy) is 2. The Bertz CT molecular complexity index is 3010. The highest BCUT2D eigenvalue weighted by atomic mass is 19.1. The molecule has 0 radical (unpaired) electrons. The van der Waals surface area contributed by atoms with Gasteiger partial charge in [0.25, 0.3) is 11.8 Å². The van der Waals surface area contributed by atoms with E-state index in [1.54, 1.807) is 21.8 Å². The fraction of sp³-hybridized carbons (Fsp3) is 0.455. The van der Waals surface area contributed by atoms with Gasteiger partial charge in [-0.15, -0.1) is 0 Å². The number of piperazine rings is 1. The highest BCUT2D eigenvalue weighted by Gasteiger charge is 2.40. The van der Waals surface area contributed by atoms with Crippen LogP contribution in [-0.4, -0.2) is 161 Å². The lowest BCUT2D eigenvalue weighted by Gasteiger charge is -2.43. The van der Waals surface area contributed by atoms with E-state index in [0.717, 1.165) is 72.2 Å². The van der Waals surface area contributed by atoms with Crippen LogP contribution in [-0.2, 0) is 25.7 Å². The quantitative estimate of drug-likeness (QED) is 0.100. The maximum absolute atomic E-state index is 14.8. The van der Waals surface area contributed by atoms with Crippen molar-refractivity contribution in [3.8, 4) is 22.9 Å². The number of hydrogen-bond acceptors (Lipinski definition) is 13. The first-order chi connectivity index (χ1) is 36.4. The Morgan fingerprint density at radius 3 is 2.41 bits per heavy atom. The number of benzene rings is 2. The van der Waals surface area contributed by atoms with Gasteiger partial charge in [-0.3, -0.25) is 34.2 Å². The van der Waals surface area contributed by atoms with Crippen LogP contribution in [0.15, 0.2) is 73.2 Å². The molecule has 5 amide bonds. The molecule has 0 spiro atoms. The molecule has 3 aromatic heterocycles. The molecule has 8 heterocycles. The number of aromatic nitrogens is 3.